The molecule has 18 heteroatoms. The van der Waals surface area contributed by atoms with Crippen LogP contribution < -0.4 is 25.3 Å². The molecule has 0 aliphatic heterocycles. The van der Waals surface area contributed by atoms with Crippen LogP contribution in [0.1, 0.15) is 84.4 Å². The topological polar surface area (TPSA) is 259 Å². The number of nitrogens with one attached hydrogen (secondary N) is 1. The SMILES string of the molecule is C.C.C.C.C.C.C.C.CC(=O)Oc1ccc(COC(=O)Oc2ccc([N+](=O)[O-])cc2)cc1.CN.CNC(=O)OCc1ccc(OC(C)=O)cc1.O=[N+]([O-])c1ccc(O)cc1. The van der Waals surface area contributed by atoms with Gasteiger partial charge in [-0.2, -0.15) is 0 Å². The number of phenolic OH excluding ortho intramolecular Hbond substituents is 1. The van der Waals surface area contributed by atoms with E-state index in [0.717, 1.165) is 5.56 Å². The van der Waals surface area contributed by atoms with Gasteiger partial charge in [0.15, 0.2) is 0 Å². The first kappa shape index (κ1) is 70.7. The van der Waals surface area contributed by atoms with Crippen LogP contribution in [0.15, 0.2) is 97.1 Å². The van der Waals surface area contributed by atoms with Gasteiger partial charge in [0.2, 0.25) is 0 Å². The minimum absolute atomic E-state index is 0. The summed E-state index contributed by atoms with van der Waals surface area (Å²) in [6.45, 7) is 2.78. The van der Waals surface area contributed by atoms with Gasteiger partial charge < -0.3 is 39.8 Å². The fourth-order valence-electron chi connectivity index (χ4n) is 3.34. The molecular formula is C42H68N4O14. The summed E-state index contributed by atoms with van der Waals surface area (Å²) in [5.74, 6) is 0.234. The lowest BCUT2D eigenvalue weighted by Gasteiger charge is -2.06. The van der Waals surface area contributed by atoms with Crippen molar-refractivity contribution in [3.63, 3.8) is 0 Å². The van der Waals surface area contributed by atoms with E-state index >= 15 is 0 Å². The largest absolute Gasteiger partial charge is 0.514 e. The molecule has 0 fully saturated rings. The monoisotopic (exact) mass is 852 g/mol. The van der Waals surface area contributed by atoms with Crippen LogP contribution in [0.4, 0.5) is 21.0 Å². The van der Waals surface area contributed by atoms with Gasteiger partial charge in [0.1, 0.15) is 36.2 Å². The number of alkyl carbamates (subject to hydrolysis) is 1. The molecular weight excluding hydrogens is 784 g/mol. The summed E-state index contributed by atoms with van der Waals surface area (Å²) in [7, 11) is 2.99. The summed E-state index contributed by atoms with van der Waals surface area (Å²) >= 11 is 0. The Hall–Kier alpha value is -7.08. The number of hydrogen-bond acceptors (Lipinski definition) is 15. The molecule has 0 bridgehead atoms. The Kier molecular flexibility index (Phi) is 45.7. The van der Waals surface area contributed by atoms with Crippen LogP contribution in [0.3, 0.4) is 0 Å². The Morgan fingerprint density at radius 3 is 1.17 bits per heavy atom. The van der Waals surface area contributed by atoms with Crippen molar-refractivity contribution in [3.8, 4) is 23.0 Å². The lowest BCUT2D eigenvalue weighted by molar-refractivity contribution is -0.385. The number of benzene rings is 4. The average molecular weight is 853 g/mol. The van der Waals surface area contributed by atoms with E-state index in [0.29, 0.717) is 17.1 Å². The number of rotatable bonds is 9. The standard InChI is InChI=1S/C16H13NO7.C11H13NO4.C6H5NO3.CH5N.8CH4/c1-11(18)23-14-6-2-12(3-7-14)10-22-16(19)24-15-8-4-13(5-9-15)17(20)21;1-8(13)16-10-5-3-9(4-6-10)7-15-11(14)12-2;8-6-3-1-5(2-4-6)7(9)10;1-2;;;;;;;;/h2-9H,10H2,1H3;3-6H,7H2,1-2H3,(H,12,14);1-4,8H;2H2,1H3;8*1H4. The highest BCUT2D eigenvalue weighted by Gasteiger charge is 2.10. The van der Waals surface area contributed by atoms with Gasteiger partial charge in [-0.25, -0.2) is 9.59 Å². The Morgan fingerprint density at radius 2 is 0.850 bits per heavy atom. The van der Waals surface area contributed by atoms with Crippen molar-refractivity contribution < 1.29 is 57.8 Å². The predicted molar refractivity (Wildman–Crippen MR) is 237 cm³/mol. The van der Waals surface area contributed by atoms with Crippen LogP contribution in [0.2, 0.25) is 0 Å². The Labute approximate surface area is 355 Å². The van der Waals surface area contributed by atoms with Crippen LogP contribution in [0, 0.1) is 20.2 Å². The Bertz CT molecular complexity index is 1750. The summed E-state index contributed by atoms with van der Waals surface area (Å²) in [6, 6.07) is 23.2. The van der Waals surface area contributed by atoms with E-state index in [1.165, 1.54) is 76.5 Å². The molecule has 0 radical (unpaired) electrons. The van der Waals surface area contributed by atoms with Crippen LogP contribution in [-0.4, -0.2) is 53.2 Å². The maximum absolute atomic E-state index is 11.6. The van der Waals surface area contributed by atoms with Crippen LogP contribution in [-0.2, 0) is 32.3 Å². The second-order valence-corrected chi connectivity index (χ2v) is 9.47. The first-order valence-electron chi connectivity index (χ1n) is 14.7. The average Bonchev–Trinajstić information content (AvgIpc) is 3.12. The maximum atomic E-state index is 11.6. The first-order chi connectivity index (χ1) is 24.7. The number of esters is 2. The third kappa shape index (κ3) is 30.1. The van der Waals surface area contributed by atoms with Crippen molar-refractivity contribution in [3.05, 3.63) is 128 Å². The molecule has 0 saturated carbocycles. The summed E-state index contributed by atoms with van der Waals surface area (Å²) in [5, 5.41) is 31.6. The molecule has 0 aromatic heterocycles. The van der Waals surface area contributed by atoms with Gasteiger partial charge in [0, 0.05) is 45.2 Å². The normalized spacial score (nSPS) is 8.08. The fourth-order valence-corrected chi connectivity index (χ4v) is 3.34. The van der Waals surface area contributed by atoms with E-state index in [1.807, 2.05) is 0 Å². The zero-order valence-electron chi connectivity index (χ0n) is 28.4. The number of hydrogen-bond donors (Lipinski definition) is 3. The molecule has 0 aliphatic rings. The van der Waals surface area contributed by atoms with Gasteiger partial charge in [-0.3, -0.25) is 29.8 Å². The molecule has 18 nitrogen and oxygen atoms in total. The molecule has 4 aromatic carbocycles. The second kappa shape index (κ2) is 38.8. The molecule has 340 valence electrons. The number of nitrogens with two attached hydrogens (primary N) is 1. The van der Waals surface area contributed by atoms with E-state index in [9.17, 15) is 39.4 Å². The molecule has 1 amide bonds. The number of ether oxygens (including phenoxy) is 5. The molecule has 4 aromatic rings. The van der Waals surface area contributed by atoms with E-state index in [1.54, 1.807) is 48.5 Å². The quantitative estimate of drug-likeness (QED) is 0.0465. The van der Waals surface area contributed by atoms with Gasteiger partial charge in [-0.1, -0.05) is 83.7 Å². The molecule has 0 saturated heterocycles. The minimum Gasteiger partial charge on any atom is -0.508 e. The predicted octanol–water partition coefficient (Wildman–Crippen LogP) is 10.7. The highest BCUT2D eigenvalue weighted by Crippen LogP contribution is 2.19. The number of nitro groups is 2. The van der Waals surface area contributed by atoms with E-state index in [-0.39, 0.29) is 101 Å². The maximum Gasteiger partial charge on any atom is 0.514 e. The smallest absolute Gasteiger partial charge is 0.508 e. The van der Waals surface area contributed by atoms with Crippen LogP contribution in [0.25, 0.3) is 0 Å². The number of non-ortho nitro benzene ring substituents is 2. The second-order valence-electron chi connectivity index (χ2n) is 9.47. The molecule has 4 rings (SSSR count). The van der Waals surface area contributed by atoms with E-state index in [2.05, 4.69) is 11.1 Å². The van der Waals surface area contributed by atoms with Gasteiger partial charge in [0.05, 0.1) is 9.85 Å². The van der Waals surface area contributed by atoms with Crippen LogP contribution in [0.5, 0.6) is 23.0 Å². The fraction of sp³-hybridized carbons (Fsp3) is 0.333. The van der Waals surface area contributed by atoms with Crippen molar-refractivity contribution in [2.45, 2.75) is 86.5 Å². The van der Waals surface area contributed by atoms with E-state index in [4.69, 9.17) is 28.8 Å². The number of aromatic hydroxyl groups is 1. The highest BCUT2D eigenvalue weighted by atomic mass is 16.7. The number of nitrogens with zero attached hydrogens (tertiary/aromatic N) is 2. The number of phenols is 1. The lowest BCUT2D eigenvalue weighted by Crippen LogP contribution is -2.18. The zero-order valence-corrected chi connectivity index (χ0v) is 28.4. The zero-order chi connectivity index (χ0) is 39.1. The lowest BCUT2D eigenvalue weighted by atomic mass is 10.2. The summed E-state index contributed by atoms with van der Waals surface area (Å²) < 4.78 is 24.4. The number of carbonyl (C=O) groups excluding carboxylic acids is 4. The molecule has 0 unspecified atom stereocenters. The van der Waals surface area contributed by atoms with Gasteiger partial charge in [-0.15, -0.1) is 0 Å². The Balaban J connectivity index is -0.000000111. The number of amides is 1. The van der Waals surface area contributed by atoms with Gasteiger partial charge in [0.25, 0.3) is 11.4 Å². The van der Waals surface area contributed by atoms with Crippen molar-refractivity contribution in [1.82, 2.24) is 5.32 Å². The molecule has 0 atom stereocenters. The number of nitro benzene ring substituents is 2. The Morgan fingerprint density at radius 1 is 0.550 bits per heavy atom. The third-order valence-corrected chi connectivity index (χ3v) is 5.61. The molecule has 4 N–H and O–H groups in total. The summed E-state index contributed by atoms with van der Waals surface area (Å²) in [5.41, 5.74) is 5.87. The van der Waals surface area contributed by atoms with Gasteiger partial charge >= 0.3 is 24.2 Å². The molecule has 60 heavy (non-hydrogen) atoms. The number of carbonyl (C=O) groups is 4. The van der Waals surface area contributed by atoms with E-state index < -0.39 is 28.1 Å². The first-order valence-corrected chi connectivity index (χ1v) is 14.7. The van der Waals surface area contributed by atoms with Crippen molar-refractivity contribution in [2.24, 2.45) is 5.73 Å². The van der Waals surface area contributed by atoms with Gasteiger partial charge in [-0.05, 0) is 66.7 Å². The summed E-state index contributed by atoms with van der Waals surface area (Å²) in [4.78, 5) is 63.3. The molecule has 0 aliphatic carbocycles. The third-order valence-electron chi connectivity index (χ3n) is 5.61. The molecule has 0 heterocycles. The van der Waals surface area contributed by atoms with Crippen molar-refractivity contribution in [1.29, 1.82) is 0 Å². The van der Waals surface area contributed by atoms with Crippen LogP contribution >= 0.6 is 0 Å². The summed E-state index contributed by atoms with van der Waals surface area (Å²) in [6.07, 6.45) is -1.42. The molecule has 0 spiro atoms. The van der Waals surface area contributed by atoms with Crippen molar-refractivity contribution in [2.75, 3.05) is 14.1 Å². The van der Waals surface area contributed by atoms with Crippen molar-refractivity contribution >= 4 is 35.6 Å². The minimum atomic E-state index is -0.937. The highest BCUT2D eigenvalue weighted by molar-refractivity contribution is 5.70.